The fourth-order valence-corrected chi connectivity index (χ4v) is 3.96. The van der Waals surface area contributed by atoms with Gasteiger partial charge in [-0.3, -0.25) is 9.69 Å². The summed E-state index contributed by atoms with van der Waals surface area (Å²) in [6.07, 6.45) is 2.38. The molecule has 2 aliphatic heterocycles. The summed E-state index contributed by atoms with van der Waals surface area (Å²) in [5.41, 5.74) is 0.862. The monoisotopic (exact) mass is 386 g/mol. The average molecular weight is 386 g/mol. The summed E-state index contributed by atoms with van der Waals surface area (Å²) >= 11 is 1.41. The van der Waals surface area contributed by atoms with Gasteiger partial charge in [-0.1, -0.05) is 6.07 Å². The van der Waals surface area contributed by atoms with E-state index in [2.05, 4.69) is 20.9 Å². The van der Waals surface area contributed by atoms with Crippen LogP contribution in [-0.4, -0.2) is 67.8 Å². The maximum absolute atomic E-state index is 12.3. The lowest BCUT2D eigenvalue weighted by atomic mass is 10.2. The number of hydrogen-bond acceptors (Lipinski definition) is 7. The number of benzene rings is 1. The van der Waals surface area contributed by atoms with Crippen LogP contribution in [0.4, 0.5) is 0 Å². The molecule has 0 spiro atoms. The minimum absolute atomic E-state index is 0.211. The Morgan fingerprint density at radius 3 is 2.63 bits per heavy atom. The van der Waals surface area contributed by atoms with E-state index in [0.29, 0.717) is 22.8 Å². The molecule has 7 nitrogen and oxygen atoms in total. The summed E-state index contributed by atoms with van der Waals surface area (Å²) < 4.78 is 10.6. The van der Waals surface area contributed by atoms with Gasteiger partial charge in [0.25, 0.3) is 5.91 Å². The number of rotatable bonds is 5. The van der Waals surface area contributed by atoms with E-state index in [1.54, 1.807) is 14.2 Å². The van der Waals surface area contributed by atoms with Crippen molar-refractivity contribution >= 4 is 28.9 Å². The smallest absolute Gasteiger partial charge is 0.286 e. The maximum atomic E-state index is 12.3. The Bertz CT molecular complexity index is 808. The third kappa shape index (κ3) is 4.62. The number of ether oxygens (including phenoxy) is 2. The molecule has 2 aliphatic rings. The third-order valence-corrected chi connectivity index (χ3v) is 5.54. The van der Waals surface area contributed by atoms with Gasteiger partial charge in [0.2, 0.25) is 0 Å². The number of nitriles is 1. The second kappa shape index (κ2) is 8.93. The van der Waals surface area contributed by atoms with Crippen molar-refractivity contribution in [1.82, 2.24) is 9.80 Å². The summed E-state index contributed by atoms with van der Waals surface area (Å²) in [6.45, 7) is 4.18. The minimum Gasteiger partial charge on any atom is -0.493 e. The van der Waals surface area contributed by atoms with Crippen LogP contribution in [0.15, 0.2) is 28.1 Å². The fourth-order valence-electron chi connectivity index (χ4n) is 3.00. The highest BCUT2D eigenvalue weighted by Crippen LogP contribution is 2.33. The van der Waals surface area contributed by atoms with Gasteiger partial charge in [0.1, 0.15) is 0 Å². The molecule has 142 valence electrons. The Hall–Kier alpha value is -2.50. The number of carbonyl (C=O) groups excluding carboxylic acids is 1. The molecule has 1 aromatic rings. The van der Waals surface area contributed by atoms with Gasteiger partial charge < -0.3 is 14.4 Å². The molecule has 0 N–H and O–H groups in total. The van der Waals surface area contributed by atoms with E-state index in [4.69, 9.17) is 14.7 Å². The number of amidine groups is 1. The number of carbonyl (C=O) groups is 1. The van der Waals surface area contributed by atoms with Gasteiger partial charge in [0.05, 0.1) is 25.2 Å². The number of thioether (sulfide) groups is 1. The van der Waals surface area contributed by atoms with Crippen LogP contribution < -0.4 is 9.47 Å². The molecule has 0 aromatic heterocycles. The summed E-state index contributed by atoms with van der Waals surface area (Å²) in [6, 6.07) is 7.72. The molecule has 0 atom stereocenters. The Balaban J connectivity index is 1.64. The van der Waals surface area contributed by atoms with Crippen LogP contribution >= 0.6 is 11.8 Å². The molecule has 0 saturated carbocycles. The van der Waals surface area contributed by atoms with Gasteiger partial charge in [-0.2, -0.15) is 10.3 Å². The Kier molecular flexibility index (Phi) is 6.37. The van der Waals surface area contributed by atoms with E-state index < -0.39 is 0 Å². The second-order valence-electron chi connectivity index (χ2n) is 6.16. The van der Waals surface area contributed by atoms with Crippen LogP contribution in [0.1, 0.15) is 12.0 Å². The van der Waals surface area contributed by atoms with Crippen molar-refractivity contribution < 1.29 is 14.3 Å². The zero-order chi connectivity index (χ0) is 19.2. The SMILES string of the molecule is COc1ccc(/C=C2/SC(N3CCN(CCC#N)CC3)=NC2=O)cc1OC. The molecule has 0 unspecified atom stereocenters. The number of hydrogen-bond donors (Lipinski definition) is 0. The summed E-state index contributed by atoms with van der Waals surface area (Å²) in [4.78, 5) is 21.5. The first-order valence-corrected chi connectivity index (χ1v) is 9.55. The summed E-state index contributed by atoms with van der Waals surface area (Å²) in [7, 11) is 3.17. The van der Waals surface area contributed by atoms with Crippen LogP contribution in [0, 0.1) is 11.3 Å². The van der Waals surface area contributed by atoms with Crippen LogP contribution in [0.2, 0.25) is 0 Å². The molecule has 0 bridgehead atoms. The van der Waals surface area contributed by atoms with E-state index in [0.717, 1.165) is 43.5 Å². The van der Waals surface area contributed by atoms with E-state index in [9.17, 15) is 4.79 Å². The Morgan fingerprint density at radius 2 is 1.96 bits per heavy atom. The van der Waals surface area contributed by atoms with E-state index in [1.165, 1.54) is 11.8 Å². The van der Waals surface area contributed by atoms with Crippen molar-refractivity contribution in [3.8, 4) is 17.6 Å². The highest BCUT2D eigenvalue weighted by atomic mass is 32.2. The van der Waals surface area contributed by atoms with Crippen molar-refractivity contribution in [3.63, 3.8) is 0 Å². The predicted octanol–water partition coefficient (Wildman–Crippen LogP) is 2.21. The van der Waals surface area contributed by atoms with Gasteiger partial charge in [-0.05, 0) is 35.5 Å². The van der Waals surface area contributed by atoms with Crippen LogP contribution in [0.25, 0.3) is 6.08 Å². The zero-order valence-electron chi connectivity index (χ0n) is 15.5. The van der Waals surface area contributed by atoms with E-state index >= 15 is 0 Å². The Labute approximate surface area is 163 Å². The second-order valence-corrected chi connectivity index (χ2v) is 7.17. The molecule has 27 heavy (non-hydrogen) atoms. The van der Waals surface area contributed by atoms with E-state index in [-0.39, 0.29) is 5.91 Å². The molecule has 1 aromatic carbocycles. The van der Waals surface area contributed by atoms with Crippen molar-refractivity contribution in [2.24, 2.45) is 4.99 Å². The molecular weight excluding hydrogens is 364 g/mol. The predicted molar refractivity (Wildman–Crippen MR) is 106 cm³/mol. The normalized spacial score (nSPS) is 19.1. The molecule has 1 fully saturated rings. The van der Waals surface area contributed by atoms with Crippen molar-refractivity contribution in [2.45, 2.75) is 6.42 Å². The summed E-state index contributed by atoms with van der Waals surface area (Å²) in [5.74, 6) is 1.06. The van der Waals surface area contributed by atoms with Gasteiger partial charge >= 0.3 is 0 Å². The lowest BCUT2D eigenvalue weighted by molar-refractivity contribution is -0.113. The molecule has 8 heteroatoms. The first-order chi connectivity index (χ1) is 13.1. The first kappa shape index (κ1) is 19.3. The first-order valence-electron chi connectivity index (χ1n) is 8.73. The highest BCUT2D eigenvalue weighted by Gasteiger charge is 2.28. The number of piperazine rings is 1. The van der Waals surface area contributed by atoms with Crippen LogP contribution in [-0.2, 0) is 4.79 Å². The maximum Gasteiger partial charge on any atom is 0.286 e. The number of nitrogens with zero attached hydrogens (tertiary/aromatic N) is 4. The van der Waals surface area contributed by atoms with Crippen LogP contribution in [0.3, 0.4) is 0 Å². The van der Waals surface area contributed by atoms with Gasteiger partial charge in [-0.25, -0.2) is 0 Å². The number of amides is 1. The quantitative estimate of drug-likeness (QED) is 0.718. The lowest BCUT2D eigenvalue weighted by Crippen LogP contribution is -2.47. The Morgan fingerprint density at radius 1 is 1.22 bits per heavy atom. The van der Waals surface area contributed by atoms with E-state index in [1.807, 2.05) is 24.3 Å². The van der Waals surface area contributed by atoms with Crippen LogP contribution in [0.5, 0.6) is 11.5 Å². The fraction of sp³-hybridized carbons (Fsp3) is 0.421. The average Bonchev–Trinajstić information content (AvgIpc) is 3.07. The zero-order valence-corrected chi connectivity index (χ0v) is 16.3. The topological polar surface area (TPSA) is 78.2 Å². The molecule has 1 saturated heterocycles. The molecular formula is C19H22N4O3S. The number of aliphatic imine (C=N–C) groups is 1. The molecule has 2 heterocycles. The number of methoxy groups -OCH3 is 2. The molecule has 1 amide bonds. The highest BCUT2D eigenvalue weighted by molar-refractivity contribution is 8.18. The summed E-state index contributed by atoms with van der Waals surface area (Å²) in [5, 5.41) is 9.45. The van der Waals surface area contributed by atoms with Gasteiger partial charge in [0.15, 0.2) is 16.7 Å². The molecule has 3 rings (SSSR count). The van der Waals surface area contributed by atoms with Gasteiger partial charge in [0, 0.05) is 39.1 Å². The van der Waals surface area contributed by atoms with Crippen molar-refractivity contribution in [1.29, 1.82) is 5.26 Å². The lowest BCUT2D eigenvalue weighted by Gasteiger charge is -2.34. The molecule has 0 radical (unpaired) electrons. The molecule has 0 aliphatic carbocycles. The van der Waals surface area contributed by atoms with Crippen molar-refractivity contribution in [2.75, 3.05) is 46.9 Å². The third-order valence-electron chi connectivity index (χ3n) is 4.50. The largest absolute Gasteiger partial charge is 0.493 e. The van der Waals surface area contributed by atoms with Crippen molar-refractivity contribution in [3.05, 3.63) is 28.7 Å². The minimum atomic E-state index is -0.211. The standard InChI is InChI=1S/C19H22N4O3S/c1-25-15-5-4-14(12-16(15)26-2)13-17-18(24)21-19(27-17)23-10-8-22(9-11-23)7-3-6-20/h4-5,12-13H,3,7-11H2,1-2H3/b17-13+. The van der Waals surface area contributed by atoms with Gasteiger partial charge in [-0.15, -0.1) is 0 Å².